The number of amides is 1. The molecule has 0 bridgehead atoms. The molecule has 1 aromatic heterocycles. The summed E-state index contributed by atoms with van der Waals surface area (Å²) in [5.41, 5.74) is 1.40. The minimum Gasteiger partial charge on any atom is -0.493 e. The van der Waals surface area contributed by atoms with Crippen LogP contribution in [-0.2, 0) is 6.42 Å². The topological polar surface area (TPSA) is 112 Å². The van der Waals surface area contributed by atoms with Gasteiger partial charge in [0.2, 0.25) is 5.76 Å². The van der Waals surface area contributed by atoms with E-state index in [4.69, 9.17) is 13.9 Å². The monoisotopic (exact) mass is 486 g/mol. The Morgan fingerprint density at radius 3 is 2.50 bits per heavy atom. The molecule has 9 nitrogen and oxygen atoms in total. The molecule has 0 fully saturated rings. The van der Waals surface area contributed by atoms with Gasteiger partial charge in [-0.15, -0.1) is 0 Å². The van der Waals surface area contributed by atoms with Crippen LogP contribution in [0.1, 0.15) is 33.3 Å². The summed E-state index contributed by atoms with van der Waals surface area (Å²) in [6, 6.07) is 17.4. The highest BCUT2D eigenvalue weighted by atomic mass is 16.6. The number of benzene rings is 3. The maximum atomic E-state index is 13.6. The fourth-order valence-corrected chi connectivity index (χ4v) is 4.64. The third kappa shape index (κ3) is 3.84. The Morgan fingerprint density at radius 1 is 0.972 bits per heavy atom. The maximum absolute atomic E-state index is 13.6. The number of hydrogen-bond donors (Lipinski definition) is 0. The van der Waals surface area contributed by atoms with Crippen molar-refractivity contribution in [3.05, 3.63) is 110 Å². The number of non-ortho nitro benzene ring substituents is 1. The Labute approximate surface area is 205 Å². The molecular weight excluding hydrogens is 464 g/mol. The smallest absolute Gasteiger partial charge is 0.290 e. The predicted molar refractivity (Wildman–Crippen MR) is 132 cm³/mol. The number of para-hydroxylation sites is 1. The summed E-state index contributed by atoms with van der Waals surface area (Å²) in [7, 11) is 3.10. The molecule has 36 heavy (non-hydrogen) atoms. The van der Waals surface area contributed by atoms with Crippen LogP contribution in [0.5, 0.6) is 11.5 Å². The number of carbonyl (C=O) groups excluding carboxylic acids is 1. The van der Waals surface area contributed by atoms with Gasteiger partial charge in [0.25, 0.3) is 11.6 Å². The van der Waals surface area contributed by atoms with Crippen LogP contribution in [0.25, 0.3) is 11.0 Å². The average Bonchev–Trinajstić information content (AvgIpc) is 3.18. The van der Waals surface area contributed by atoms with Gasteiger partial charge in [0.1, 0.15) is 5.58 Å². The van der Waals surface area contributed by atoms with E-state index in [0.29, 0.717) is 34.5 Å². The van der Waals surface area contributed by atoms with Gasteiger partial charge < -0.3 is 18.8 Å². The zero-order valence-electron chi connectivity index (χ0n) is 19.6. The van der Waals surface area contributed by atoms with Crippen LogP contribution >= 0.6 is 0 Å². The van der Waals surface area contributed by atoms with Gasteiger partial charge in [0.05, 0.1) is 36.1 Å². The lowest BCUT2D eigenvalue weighted by Crippen LogP contribution is -2.31. The van der Waals surface area contributed by atoms with Crippen molar-refractivity contribution in [2.45, 2.75) is 12.5 Å². The molecule has 9 heteroatoms. The van der Waals surface area contributed by atoms with Gasteiger partial charge in [0, 0.05) is 18.7 Å². The molecule has 0 aliphatic carbocycles. The molecule has 1 aliphatic rings. The Bertz CT molecular complexity index is 1560. The average molecular weight is 486 g/mol. The number of methoxy groups -OCH3 is 2. The van der Waals surface area contributed by atoms with Gasteiger partial charge in [-0.2, -0.15) is 0 Å². The van der Waals surface area contributed by atoms with Crippen LogP contribution in [-0.4, -0.2) is 36.5 Å². The molecule has 0 unspecified atom stereocenters. The predicted octanol–water partition coefficient (Wildman–Crippen LogP) is 4.51. The minimum atomic E-state index is -0.826. The molecular formula is C27H22N2O7. The molecule has 0 saturated heterocycles. The molecule has 182 valence electrons. The highest BCUT2D eigenvalue weighted by molar-refractivity contribution is 5.99. The Hall–Kier alpha value is -4.66. The maximum Gasteiger partial charge on any atom is 0.290 e. The highest BCUT2D eigenvalue weighted by Crippen LogP contribution is 2.39. The number of rotatable bonds is 7. The summed E-state index contributed by atoms with van der Waals surface area (Å²) in [4.78, 5) is 39.6. The van der Waals surface area contributed by atoms with Gasteiger partial charge in [-0.25, -0.2) is 0 Å². The number of ether oxygens (including phenoxy) is 2. The highest BCUT2D eigenvalue weighted by Gasteiger charge is 2.42. The fourth-order valence-electron chi connectivity index (χ4n) is 4.64. The second-order valence-corrected chi connectivity index (χ2v) is 8.36. The van der Waals surface area contributed by atoms with E-state index in [1.165, 1.54) is 17.0 Å². The first-order chi connectivity index (χ1) is 17.4. The third-order valence-electron chi connectivity index (χ3n) is 6.36. The molecule has 0 radical (unpaired) electrons. The first kappa shape index (κ1) is 23.1. The van der Waals surface area contributed by atoms with Gasteiger partial charge in [0.15, 0.2) is 16.9 Å². The molecule has 0 saturated carbocycles. The van der Waals surface area contributed by atoms with Crippen molar-refractivity contribution in [1.82, 2.24) is 4.90 Å². The van der Waals surface area contributed by atoms with Crippen LogP contribution in [0.15, 0.2) is 75.9 Å². The molecule has 2 heterocycles. The quantitative estimate of drug-likeness (QED) is 0.279. The molecule has 0 spiro atoms. The van der Waals surface area contributed by atoms with Crippen molar-refractivity contribution >= 4 is 22.6 Å². The van der Waals surface area contributed by atoms with E-state index in [-0.39, 0.29) is 29.0 Å². The zero-order valence-corrected chi connectivity index (χ0v) is 19.6. The first-order valence-corrected chi connectivity index (χ1v) is 11.2. The van der Waals surface area contributed by atoms with E-state index in [1.54, 1.807) is 56.7 Å². The normalized spacial score (nSPS) is 14.7. The van der Waals surface area contributed by atoms with Gasteiger partial charge in [-0.3, -0.25) is 19.7 Å². The summed E-state index contributed by atoms with van der Waals surface area (Å²) in [6.07, 6.45) is 0.444. The number of fused-ring (bicyclic) bond motifs is 2. The summed E-state index contributed by atoms with van der Waals surface area (Å²) in [5.74, 6) is 0.665. The van der Waals surface area contributed by atoms with Gasteiger partial charge in [-0.1, -0.05) is 30.3 Å². The molecule has 1 atom stereocenters. The molecule has 0 N–H and O–H groups in total. The van der Waals surface area contributed by atoms with Crippen LogP contribution in [0.3, 0.4) is 0 Å². The third-order valence-corrected chi connectivity index (χ3v) is 6.36. The van der Waals surface area contributed by atoms with E-state index in [2.05, 4.69) is 0 Å². The largest absolute Gasteiger partial charge is 0.493 e. The SMILES string of the molecule is COc1ccc(CCN2C(=O)c3oc4ccccc4c(=O)c3[C@H]2c2cccc([N+](=O)[O-])c2)cc1OC. The number of nitro groups is 1. The van der Waals surface area contributed by atoms with Crippen molar-refractivity contribution in [2.24, 2.45) is 0 Å². The standard InChI is InChI=1S/C27H22N2O7/c1-34-21-11-10-16(14-22(21)35-2)12-13-28-24(17-6-5-7-18(15-17)29(32)33)23-25(30)19-8-3-4-9-20(19)36-26(23)27(28)31/h3-11,14-15,24H,12-13H2,1-2H3/t24-/m1/s1. The number of nitrogens with zero attached hydrogens (tertiary/aromatic N) is 2. The van der Waals surface area contributed by atoms with Gasteiger partial charge >= 0.3 is 0 Å². The molecule has 4 aromatic rings. The summed E-state index contributed by atoms with van der Waals surface area (Å²) in [5, 5.41) is 11.8. The Kier molecular flexibility index (Phi) is 5.89. The second-order valence-electron chi connectivity index (χ2n) is 8.36. The van der Waals surface area contributed by atoms with Crippen molar-refractivity contribution in [3.63, 3.8) is 0 Å². The lowest BCUT2D eigenvalue weighted by molar-refractivity contribution is -0.384. The second kappa shape index (κ2) is 9.18. The van der Waals surface area contributed by atoms with Crippen molar-refractivity contribution in [2.75, 3.05) is 20.8 Å². The molecule has 5 rings (SSSR count). The van der Waals surface area contributed by atoms with E-state index in [0.717, 1.165) is 5.56 Å². The summed E-state index contributed by atoms with van der Waals surface area (Å²) in [6.45, 7) is 0.238. The summed E-state index contributed by atoms with van der Waals surface area (Å²) < 4.78 is 16.6. The van der Waals surface area contributed by atoms with Crippen LogP contribution in [0.2, 0.25) is 0 Å². The summed E-state index contributed by atoms with van der Waals surface area (Å²) >= 11 is 0. The lowest BCUT2D eigenvalue weighted by Gasteiger charge is -2.25. The van der Waals surface area contributed by atoms with E-state index in [1.807, 2.05) is 12.1 Å². The Morgan fingerprint density at radius 2 is 1.75 bits per heavy atom. The van der Waals surface area contributed by atoms with E-state index in [9.17, 15) is 19.7 Å². The van der Waals surface area contributed by atoms with Crippen LogP contribution in [0.4, 0.5) is 5.69 Å². The van der Waals surface area contributed by atoms with Crippen LogP contribution in [0, 0.1) is 10.1 Å². The van der Waals surface area contributed by atoms with E-state index >= 15 is 0 Å². The van der Waals surface area contributed by atoms with Crippen LogP contribution < -0.4 is 14.9 Å². The molecule has 1 amide bonds. The number of nitro benzene ring substituents is 1. The van der Waals surface area contributed by atoms with Crippen molar-refractivity contribution < 1.29 is 23.6 Å². The zero-order chi connectivity index (χ0) is 25.4. The Balaban J connectivity index is 1.60. The number of hydrogen-bond acceptors (Lipinski definition) is 7. The number of carbonyl (C=O) groups is 1. The van der Waals surface area contributed by atoms with E-state index < -0.39 is 16.9 Å². The minimum absolute atomic E-state index is 0.0393. The fraction of sp³-hybridized carbons (Fsp3) is 0.185. The van der Waals surface area contributed by atoms with Crippen molar-refractivity contribution in [1.29, 1.82) is 0 Å². The first-order valence-electron chi connectivity index (χ1n) is 11.2. The lowest BCUT2D eigenvalue weighted by atomic mass is 9.98. The van der Waals surface area contributed by atoms with Gasteiger partial charge in [-0.05, 0) is 41.8 Å². The van der Waals surface area contributed by atoms with Crippen molar-refractivity contribution in [3.8, 4) is 11.5 Å². The molecule has 1 aliphatic heterocycles. The molecule has 3 aromatic carbocycles.